The molecule has 0 saturated carbocycles. The summed E-state index contributed by atoms with van der Waals surface area (Å²) in [6, 6.07) is 10.3. The fraction of sp³-hybridized carbons (Fsp3) is 0.327. The van der Waals surface area contributed by atoms with Crippen molar-refractivity contribution in [2.75, 3.05) is 44.7 Å². The van der Waals surface area contributed by atoms with Crippen molar-refractivity contribution in [1.82, 2.24) is 20.3 Å². The fourth-order valence-electron chi connectivity index (χ4n) is 5.95. The number of hydrogen-bond donors (Lipinski definition) is 3. The zero-order valence-corrected chi connectivity index (χ0v) is 39.4. The molecule has 0 aliphatic heterocycles. The number of nitrogens with zero attached hydrogens (tertiary/aromatic N) is 3. The zero-order chi connectivity index (χ0) is 50.2. The van der Waals surface area contributed by atoms with Gasteiger partial charge in [-0.3, -0.25) is 14.4 Å². The molecule has 3 N–H and O–H groups in total. The van der Waals surface area contributed by atoms with Crippen molar-refractivity contribution in [3.63, 3.8) is 0 Å². The number of esters is 2. The molecule has 3 aromatic carbocycles. The van der Waals surface area contributed by atoms with E-state index in [-0.39, 0.29) is 89.6 Å². The fourth-order valence-corrected chi connectivity index (χ4v) is 5.95. The highest BCUT2D eigenvalue weighted by Gasteiger charge is 2.29. The Labute approximate surface area is 394 Å². The molecule has 1 heterocycles. The third kappa shape index (κ3) is 14.8. The first-order valence-electron chi connectivity index (χ1n) is 21.1. The summed E-state index contributed by atoms with van der Waals surface area (Å²) in [6.45, 7) is 20.7. The lowest BCUT2D eigenvalue weighted by atomic mass is 9.98. The van der Waals surface area contributed by atoms with Crippen LogP contribution in [-0.4, -0.2) is 90.5 Å². The highest BCUT2D eigenvalue weighted by atomic mass is 19.1. The molecule has 0 aliphatic carbocycles. The van der Waals surface area contributed by atoms with E-state index in [1.165, 1.54) is 97.9 Å². The van der Waals surface area contributed by atoms with E-state index in [1.54, 1.807) is 41.5 Å². The van der Waals surface area contributed by atoms with Crippen LogP contribution < -0.4 is 34.9 Å². The number of amides is 3. The number of methoxy groups -OCH3 is 2. The monoisotopic (exact) mass is 940 g/mol. The number of benzene rings is 3. The van der Waals surface area contributed by atoms with Gasteiger partial charge in [-0.1, -0.05) is 49.2 Å². The Balaban J connectivity index is 1.58. The Morgan fingerprint density at radius 3 is 1.97 bits per heavy atom. The Morgan fingerprint density at radius 1 is 0.765 bits per heavy atom. The van der Waals surface area contributed by atoms with Crippen molar-refractivity contribution in [1.29, 1.82) is 0 Å². The number of hydrogen-bond acceptors (Lipinski definition) is 14. The number of aromatic nitrogens is 3. The molecule has 1 atom stereocenters. The topological polar surface area (TPSA) is 217 Å². The van der Waals surface area contributed by atoms with Crippen LogP contribution in [0.4, 0.5) is 20.6 Å². The van der Waals surface area contributed by atoms with Crippen LogP contribution in [0.1, 0.15) is 79.1 Å². The minimum Gasteiger partial charge on any atom is -0.492 e. The highest BCUT2D eigenvalue weighted by Crippen LogP contribution is 2.41. The smallest absolute Gasteiger partial charge is 0.408 e. The van der Waals surface area contributed by atoms with Gasteiger partial charge < -0.3 is 49.1 Å². The lowest BCUT2D eigenvalue weighted by molar-refractivity contribution is -0.157. The van der Waals surface area contributed by atoms with E-state index in [0.29, 0.717) is 5.69 Å². The Bertz CT molecular complexity index is 2520. The SMILES string of the molecule is C=CCOC(=O)c1ccc(NC(=O)c2ccc(/C=C(\F)c3ccc(NC(=O)[C@H](Cc4cn(COC(=O)C(C)(C)C)nn4)NC(=O)OC(C)(C)C)cc3)c(OC)c2OCC=C)c(OC)c1OCC=C. The molecule has 1 aromatic heterocycles. The number of rotatable bonds is 22. The molecular formula is C49H57FN6O12. The van der Waals surface area contributed by atoms with Crippen molar-refractivity contribution < 1.29 is 61.5 Å². The third-order valence-corrected chi connectivity index (χ3v) is 9.06. The number of alkyl carbamates (subject to hydrolysis) is 1. The molecule has 19 heteroatoms. The number of carbonyl (C=O) groups is 5. The van der Waals surface area contributed by atoms with Crippen molar-refractivity contribution in [3.8, 4) is 23.0 Å². The van der Waals surface area contributed by atoms with Crippen LogP contribution in [0.3, 0.4) is 0 Å². The predicted octanol–water partition coefficient (Wildman–Crippen LogP) is 8.11. The first-order valence-corrected chi connectivity index (χ1v) is 21.1. The molecular weight excluding hydrogens is 884 g/mol. The summed E-state index contributed by atoms with van der Waals surface area (Å²) in [5, 5.41) is 16.1. The van der Waals surface area contributed by atoms with Crippen LogP contribution in [-0.2, 0) is 37.0 Å². The maximum Gasteiger partial charge on any atom is 0.408 e. The van der Waals surface area contributed by atoms with Gasteiger partial charge in [0.05, 0.1) is 42.8 Å². The summed E-state index contributed by atoms with van der Waals surface area (Å²) in [4.78, 5) is 65.4. The van der Waals surface area contributed by atoms with Gasteiger partial charge in [0.25, 0.3) is 5.91 Å². The van der Waals surface area contributed by atoms with E-state index in [4.69, 9.17) is 33.2 Å². The second-order valence-electron chi connectivity index (χ2n) is 16.7. The van der Waals surface area contributed by atoms with Gasteiger partial charge in [-0.15, -0.1) is 5.10 Å². The van der Waals surface area contributed by atoms with E-state index in [1.807, 2.05) is 0 Å². The second-order valence-corrected chi connectivity index (χ2v) is 16.7. The van der Waals surface area contributed by atoms with Gasteiger partial charge in [-0.25, -0.2) is 18.7 Å². The Kier molecular flexibility index (Phi) is 18.6. The summed E-state index contributed by atoms with van der Waals surface area (Å²) < 4.78 is 56.1. The highest BCUT2D eigenvalue weighted by molar-refractivity contribution is 6.09. The van der Waals surface area contributed by atoms with Gasteiger partial charge in [-0.2, -0.15) is 0 Å². The van der Waals surface area contributed by atoms with Gasteiger partial charge in [0, 0.05) is 23.2 Å². The Hall–Kier alpha value is -7.96. The van der Waals surface area contributed by atoms with Gasteiger partial charge in [0.2, 0.25) is 5.91 Å². The average Bonchev–Trinajstić information content (AvgIpc) is 3.74. The first-order chi connectivity index (χ1) is 32.2. The lowest BCUT2D eigenvalue weighted by Crippen LogP contribution is -2.47. The minimum absolute atomic E-state index is 0.00220. The van der Waals surface area contributed by atoms with Crippen LogP contribution in [0.25, 0.3) is 11.9 Å². The van der Waals surface area contributed by atoms with E-state index in [2.05, 4.69) is 46.0 Å². The molecule has 0 bridgehead atoms. The normalized spacial score (nSPS) is 11.8. The molecule has 68 heavy (non-hydrogen) atoms. The predicted molar refractivity (Wildman–Crippen MR) is 252 cm³/mol. The molecule has 0 fully saturated rings. The van der Waals surface area contributed by atoms with Crippen LogP contribution >= 0.6 is 0 Å². The Morgan fingerprint density at radius 2 is 1.38 bits per heavy atom. The summed E-state index contributed by atoms with van der Waals surface area (Å²) in [6.07, 6.45) is 6.03. The average molecular weight is 941 g/mol. The minimum atomic E-state index is -1.20. The van der Waals surface area contributed by atoms with E-state index < -0.39 is 52.7 Å². The molecule has 0 unspecified atom stereocenters. The van der Waals surface area contributed by atoms with E-state index in [0.717, 1.165) is 0 Å². The largest absolute Gasteiger partial charge is 0.492 e. The molecule has 0 saturated heterocycles. The quantitative estimate of drug-likeness (QED) is 0.0294. The van der Waals surface area contributed by atoms with Crippen molar-refractivity contribution in [3.05, 3.63) is 121 Å². The van der Waals surface area contributed by atoms with Crippen molar-refractivity contribution in [2.24, 2.45) is 5.41 Å². The van der Waals surface area contributed by atoms with Gasteiger partial charge in [-0.05, 0) is 90.1 Å². The van der Waals surface area contributed by atoms with Crippen LogP contribution in [0, 0.1) is 5.41 Å². The van der Waals surface area contributed by atoms with Crippen molar-refractivity contribution >= 4 is 53.1 Å². The standard InChI is InChI=1S/C49H57FN6O12/c1-12-23-64-40-34(43(57)52-37-22-21-35(45(59)66-25-14-3)41(42(37)63-11)65-24-13-2)20-17-31(39(40)62-10)26-36(50)30-15-18-32(19-16-30)51-44(58)38(53-47(61)68-49(7,8)9)27-33-28-56(55-54-33)29-67-46(60)48(4,5)6/h12-22,26,28,38H,1-3,23-25,27,29H2,4-11H3,(H,51,58)(H,52,57)(H,53,61)/b36-26-/t38-/m0/s1. The third-order valence-electron chi connectivity index (χ3n) is 9.06. The lowest BCUT2D eigenvalue weighted by Gasteiger charge is -2.23. The molecule has 4 rings (SSSR count). The maximum absolute atomic E-state index is 16.0. The first kappa shape index (κ1) is 52.7. The van der Waals surface area contributed by atoms with Crippen LogP contribution in [0.5, 0.6) is 23.0 Å². The summed E-state index contributed by atoms with van der Waals surface area (Å²) in [5.41, 5.74) is -0.529. The van der Waals surface area contributed by atoms with Gasteiger partial charge in [0.15, 0.2) is 29.7 Å². The van der Waals surface area contributed by atoms with E-state index >= 15 is 4.39 Å². The molecule has 3 amide bonds. The summed E-state index contributed by atoms with van der Waals surface area (Å²) >= 11 is 0. The van der Waals surface area contributed by atoms with E-state index in [9.17, 15) is 24.0 Å². The summed E-state index contributed by atoms with van der Waals surface area (Å²) in [5.74, 6) is -3.17. The van der Waals surface area contributed by atoms with Gasteiger partial charge in [0.1, 0.15) is 42.9 Å². The summed E-state index contributed by atoms with van der Waals surface area (Å²) in [7, 11) is 2.67. The molecule has 18 nitrogen and oxygen atoms in total. The van der Waals surface area contributed by atoms with Crippen LogP contribution in [0.15, 0.2) is 92.7 Å². The number of carbonyl (C=O) groups excluding carboxylic acids is 5. The molecule has 362 valence electrons. The zero-order valence-electron chi connectivity index (χ0n) is 39.4. The molecule has 0 spiro atoms. The number of halogens is 1. The molecule has 0 radical (unpaired) electrons. The van der Waals surface area contributed by atoms with Crippen LogP contribution in [0.2, 0.25) is 0 Å². The second kappa shape index (κ2) is 24.0. The maximum atomic E-state index is 16.0. The van der Waals surface area contributed by atoms with Crippen molar-refractivity contribution in [2.45, 2.75) is 66.3 Å². The number of anilines is 2. The van der Waals surface area contributed by atoms with Gasteiger partial charge >= 0.3 is 18.0 Å². The number of nitrogens with one attached hydrogen (secondary N) is 3. The number of ether oxygens (including phenoxy) is 7. The molecule has 4 aromatic rings. The molecule has 0 aliphatic rings.